The summed E-state index contributed by atoms with van der Waals surface area (Å²) in [5.74, 6) is -1.71. The van der Waals surface area contributed by atoms with Crippen LogP contribution in [0.5, 0.6) is 0 Å². The molecule has 0 aromatic heterocycles. The molecule has 1 aliphatic rings. The molecule has 0 spiro atoms. The molecular weight excluding hydrogens is 390 g/mol. The van der Waals surface area contributed by atoms with Gasteiger partial charge in [-0.1, -0.05) is 18.2 Å². The monoisotopic (exact) mass is 408 g/mol. The summed E-state index contributed by atoms with van der Waals surface area (Å²) in [6.07, 6.45) is 1.67. The molecule has 0 saturated carbocycles. The number of hydrogen-bond donors (Lipinski definition) is 1. The number of nitrogens with zero attached hydrogens (tertiary/aromatic N) is 1. The van der Waals surface area contributed by atoms with E-state index in [1.807, 2.05) is 18.2 Å². The van der Waals surface area contributed by atoms with Crippen LogP contribution in [0.25, 0.3) is 0 Å². The van der Waals surface area contributed by atoms with Gasteiger partial charge in [0.2, 0.25) is 0 Å². The Morgan fingerprint density at radius 2 is 1.84 bits per heavy atom. The average molecular weight is 409 g/mol. The minimum absolute atomic E-state index is 0.0773. The third kappa shape index (κ3) is 4.64. The highest BCUT2D eigenvalue weighted by atomic mass is 79.9. The molecule has 1 heterocycles. The molecule has 2 aromatic carbocycles. The van der Waals surface area contributed by atoms with Crippen molar-refractivity contribution in [2.75, 3.05) is 13.1 Å². The van der Waals surface area contributed by atoms with E-state index >= 15 is 0 Å². The van der Waals surface area contributed by atoms with Gasteiger partial charge in [-0.15, -0.1) is 0 Å². The van der Waals surface area contributed by atoms with Gasteiger partial charge >= 0.3 is 0 Å². The van der Waals surface area contributed by atoms with Crippen molar-refractivity contribution in [2.24, 2.45) is 0 Å². The topological polar surface area (TPSA) is 32.3 Å². The molecule has 1 fully saturated rings. The standard InChI is InChI=1S/C19H19BrF2N2O/c20-16-4-2-1-3-15(16)19(25)23-14-7-9-24(10-8-14)12-13-5-6-17(21)18(22)11-13/h1-6,11,14H,7-10,12H2,(H,23,25). The van der Waals surface area contributed by atoms with Crippen LogP contribution in [0.1, 0.15) is 28.8 Å². The van der Waals surface area contributed by atoms with E-state index in [9.17, 15) is 13.6 Å². The van der Waals surface area contributed by atoms with Gasteiger partial charge < -0.3 is 5.32 Å². The van der Waals surface area contributed by atoms with Gasteiger partial charge in [0.25, 0.3) is 5.91 Å². The van der Waals surface area contributed by atoms with Crippen molar-refractivity contribution in [1.82, 2.24) is 10.2 Å². The van der Waals surface area contributed by atoms with Gasteiger partial charge in [-0.25, -0.2) is 8.78 Å². The minimum Gasteiger partial charge on any atom is -0.349 e. The first-order valence-electron chi connectivity index (χ1n) is 8.24. The first-order valence-corrected chi connectivity index (χ1v) is 9.04. The zero-order valence-electron chi connectivity index (χ0n) is 13.6. The van der Waals surface area contributed by atoms with Gasteiger partial charge in [0.1, 0.15) is 0 Å². The van der Waals surface area contributed by atoms with E-state index in [0.29, 0.717) is 12.1 Å². The molecule has 0 bridgehead atoms. The maximum Gasteiger partial charge on any atom is 0.252 e. The Morgan fingerprint density at radius 1 is 1.12 bits per heavy atom. The molecule has 6 heteroatoms. The smallest absolute Gasteiger partial charge is 0.252 e. The SMILES string of the molecule is O=C(NC1CCN(Cc2ccc(F)c(F)c2)CC1)c1ccccc1Br. The Balaban J connectivity index is 1.51. The molecule has 0 atom stereocenters. The number of benzene rings is 2. The lowest BCUT2D eigenvalue weighted by atomic mass is 10.0. The molecule has 1 saturated heterocycles. The van der Waals surface area contributed by atoms with E-state index in [1.165, 1.54) is 6.07 Å². The lowest BCUT2D eigenvalue weighted by Gasteiger charge is -2.32. The van der Waals surface area contributed by atoms with Crippen LogP contribution in [0.15, 0.2) is 46.9 Å². The van der Waals surface area contributed by atoms with Crippen molar-refractivity contribution in [1.29, 1.82) is 0 Å². The Labute approximate surface area is 154 Å². The molecule has 1 aliphatic heterocycles. The van der Waals surface area contributed by atoms with Crippen LogP contribution in [-0.4, -0.2) is 29.9 Å². The minimum atomic E-state index is -0.822. The highest BCUT2D eigenvalue weighted by molar-refractivity contribution is 9.10. The predicted molar refractivity (Wildman–Crippen MR) is 96.3 cm³/mol. The number of carbonyl (C=O) groups is 1. The average Bonchev–Trinajstić information content (AvgIpc) is 2.60. The number of nitrogens with one attached hydrogen (secondary N) is 1. The fourth-order valence-electron chi connectivity index (χ4n) is 3.04. The quantitative estimate of drug-likeness (QED) is 0.824. The summed E-state index contributed by atoms with van der Waals surface area (Å²) in [5, 5.41) is 3.07. The number of carbonyl (C=O) groups excluding carboxylic acids is 1. The van der Waals surface area contributed by atoms with E-state index in [1.54, 1.807) is 12.1 Å². The molecule has 0 aliphatic carbocycles. The molecule has 1 N–H and O–H groups in total. The number of amides is 1. The van der Waals surface area contributed by atoms with Crippen molar-refractivity contribution >= 4 is 21.8 Å². The normalized spacial score (nSPS) is 16.0. The first-order chi connectivity index (χ1) is 12.0. The Morgan fingerprint density at radius 3 is 2.52 bits per heavy atom. The van der Waals surface area contributed by atoms with Gasteiger partial charge in [-0.05, 0) is 58.6 Å². The number of rotatable bonds is 4. The van der Waals surface area contributed by atoms with E-state index in [0.717, 1.165) is 42.0 Å². The summed E-state index contributed by atoms with van der Waals surface area (Å²) >= 11 is 3.39. The van der Waals surface area contributed by atoms with Crippen molar-refractivity contribution in [2.45, 2.75) is 25.4 Å². The van der Waals surface area contributed by atoms with Gasteiger partial charge in [-0.2, -0.15) is 0 Å². The van der Waals surface area contributed by atoms with Crippen LogP contribution < -0.4 is 5.32 Å². The number of hydrogen-bond acceptors (Lipinski definition) is 2. The maximum absolute atomic E-state index is 13.3. The van der Waals surface area contributed by atoms with E-state index in [2.05, 4.69) is 26.1 Å². The Kier molecular flexibility index (Phi) is 5.81. The van der Waals surface area contributed by atoms with Crippen LogP contribution in [0.3, 0.4) is 0 Å². The summed E-state index contributed by atoms with van der Waals surface area (Å²) in [5.41, 5.74) is 1.39. The fraction of sp³-hybridized carbons (Fsp3) is 0.316. The predicted octanol–water partition coefficient (Wildman–Crippen LogP) is 4.12. The highest BCUT2D eigenvalue weighted by Crippen LogP contribution is 2.18. The molecule has 3 rings (SSSR count). The largest absolute Gasteiger partial charge is 0.349 e. The van der Waals surface area contributed by atoms with Gasteiger partial charge in [-0.3, -0.25) is 9.69 Å². The second-order valence-electron chi connectivity index (χ2n) is 6.25. The molecular formula is C19H19BrF2N2O. The van der Waals surface area contributed by atoms with E-state index in [-0.39, 0.29) is 11.9 Å². The van der Waals surface area contributed by atoms with E-state index in [4.69, 9.17) is 0 Å². The summed E-state index contributed by atoms with van der Waals surface area (Å²) in [6.45, 7) is 2.20. The molecule has 2 aromatic rings. The first kappa shape index (κ1) is 18.0. The second kappa shape index (κ2) is 8.06. The third-order valence-electron chi connectivity index (χ3n) is 4.43. The molecule has 3 nitrogen and oxygen atoms in total. The van der Waals surface area contributed by atoms with Crippen LogP contribution >= 0.6 is 15.9 Å². The fourth-order valence-corrected chi connectivity index (χ4v) is 3.50. The van der Waals surface area contributed by atoms with E-state index < -0.39 is 11.6 Å². The molecule has 25 heavy (non-hydrogen) atoms. The molecule has 1 amide bonds. The lowest BCUT2D eigenvalue weighted by Crippen LogP contribution is -2.44. The highest BCUT2D eigenvalue weighted by Gasteiger charge is 2.22. The lowest BCUT2D eigenvalue weighted by molar-refractivity contribution is 0.0908. The van der Waals surface area contributed by atoms with Crippen molar-refractivity contribution < 1.29 is 13.6 Å². The van der Waals surface area contributed by atoms with Crippen molar-refractivity contribution in [3.05, 3.63) is 69.7 Å². The summed E-state index contributed by atoms with van der Waals surface area (Å²) in [7, 11) is 0. The summed E-state index contributed by atoms with van der Waals surface area (Å²) in [6, 6.07) is 11.5. The van der Waals surface area contributed by atoms with Crippen molar-refractivity contribution in [3.8, 4) is 0 Å². The molecule has 0 unspecified atom stereocenters. The zero-order valence-corrected chi connectivity index (χ0v) is 15.2. The van der Waals surface area contributed by atoms with Crippen molar-refractivity contribution in [3.63, 3.8) is 0 Å². The number of piperidine rings is 1. The van der Waals surface area contributed by atoms with Crippen LogP contribution in [-0.2, 0) is 6.54 Å². The summed E-state index contributed by atoms with van der Waals surface area (Å²) < 4.78 is 27.1. The Bertz CT molecular complexity index is 761. The van der Waals surface area contributed by atoms with Gasteiger partial charge in [0, 0.05) is 30.1 Å². The Hall–Kier alpha value is -1.79. The van der Waals surface area contributed by atoms with Gasteiger partial charge in [0.15, 0.2) is 11.6 Å². The third-order valence-corrected chi connectivity index (χ3v) is 5.12. The summed E-state index contributed by atoms with van der Waals surface area (Å²) in [4.78, 5) is 14.5. The van der Waals surface area contributed by atoms with Crippen LogP contribution in [0, 0.1) is 11.6 Å². The zero-order chi connectivity index (χ0) is 17.8. The molecule has 0 radical (unpaired) electrons. The van der Waals surface area contributed by atoms with Gasteiger partial charge in [0.05, 0.1) is 5.56 Å². The maximum atomic E-state index is 13.3. The number of halogens is 3. The van der Waals surface area contributed by atoms with Crippen LogP contribution in [0.2, 0.25) is 0 Å². The number of likely N-dealkylation sites (tertiary alicyclic amines) is 1. The second-order valence-corrected chi connectivity index (χ2v) is 7.11. The molecule has 132 valence electrons. The van der Waals surface area contributed by atoms with Crippen LogP contribution in [0.4, 0.5) is 8.78 Å².